The number of amides is 2. The standard InChI is InChI=1S/C19H16F2N2O4/c1-10(19(26)22-15-5-4-13(20)8-14(15)21)23-16-7-12(11(2)24)3-6-17(16)27-9-18(23)25/h3-8,10H,9H2,1-2H3,(H,22,26). The molecule has 2 aromatic rings. The number of carbonyl (C=O) groups is 3. The van der Waals surface area contributed by atoms with Crippen LogP contribution in [0.3, 0.4) is 0 Å². The summed E-state index contributed by atoms with van der Waals surface area (Å²) in [4.78, 5) is 37.7. The average molecular weight is 374 g/mol. The molecule has 0 fully saturated rings. The molecule has 0 aliphatic carbocycles. The summed E-state index contributed by atoms with van der Waals surface area (Å²) in [6.07, 6.45) is 0. The molecule has 0 spiro atoms. The number of Topliss-reactive ketones (excluding diaryl/α,β-unsaturated/α-hetero) is 1. The van der Waals surface area contributed by atoms with Crippen LogP contribution in [-0.2, 0) is 9.59 Å². The van der Waals surface area contributed by atoms with E-state index in [1.165, 1.54) is 24.8 Å². The van der Waals surface area contributed by atoms with Gasteiger partial charge in [-0.15, -0.1) is 0 Å². The first-order valence-electron chi connectivity index (χ1n) is 8.13. The van der Waals surface area contributed by atoms with Crippen LogP contribution in [0.25, 0.3) is 0 Å². The van der Waals surface area contributed by atoms with Crippen LogP contribution in [0.2, 0.25) is 0 Å². The maximum atomic E-state index is 13.8. The second-order valence-electron chi connectivity index (χ2n) is 6.08. The molecular formula is C19H16F2N2O4. The minimum Gasteiger partial charge on any atom is -0.482 e. The fourth-order valence-electron chi connectivity index (χ4n) is 2.76. The maximum absolute atomic E-state index is 13.8. The number of benzene rings is 2. The summed E-state index contributed by atoms with van der Waals surface area (Å²) in [6.45, 7) is 2.57. The molecular weight excluding hydrogens is 358 g/mol. The summed E-state index contributed by atoms with van der Waals surface area (Å²) < 4.78 is 32.1. The Morgan fingerprint density at radius 3 is 2.59 bits per heavy atom. The van der Waals surface area contributed by atoms with Crippen molar-refractivity contribution < 1.29 is 27.9 Å². The van der Waals surface area contributed by atoms with E-state index in [-0.39, 0.29) is 23.8 Å². The van der Waals surface area contributed by atoms with Crippen molar-refractivity contribution in [2.75, 3.05) is 16.8 Å². The van der Waals surface area contributed by atoms with Crippen molar-refractivity contribution in [1.82, 2.24) is 0 Å². The molecule has 1 atom stereocenters. The van der Waals surface area contributed by atoms with Crippen molar-refractivity contribution in [1.29, 1.82) is 0 Å². The molecule has 27 heavy (non-hydrogen) atoms. The van der Waals surface area contributed by atoms with Crippen LogP contribution in [-0.4, -0.2) is 30.2 Å². The lowest BCUT2D eigenvalue weighted by Crippen LogP contribution is -2.49. The van der Waals surface area contributed by atoms with E-state index >= 15 is 0 Å². The smallest absolute Gasteiger partial charge is 0.265 e. The summed E-state index contributed by atoms with van der Waals surface area (Å²) in [5.74, 6) is -2.70. The van der Waals surface area contributed by atoms with Crippen molar-refractivity contribution in [2.24, 2.45) is 0 Å². The molecule has 0 aromatic heterocycles. The predicted molar refractivity (Wildman–Crippen MR) is 93.9 cm³/mol. The third-order valence-electron chi connectivity index (χ3n) is 4.20. The number of ketones is 1. The van der Waals surface area contributed by atoms with Gasteiger partial charge in [0.05, 0.1) is 11.4 Å². The van der Waals surface area contributed by atoms with Gasteiger partial charge >= 0.3 is 0 Å². The first-order chi connectivity index (χ1) is 12.8. The quantitative estimate of drug-likeness (QED) is 0.835. The molecule has 6 nitrogen and oxygen atoms in total. The van der Waals surface area contributed by atoms with Gasteiger partial charge in [-0.2, -0.15) is 0 Å². The Hall–Kier alpha value is -3.29. The van der Waals surface area contributed by atoms with Gasteiger partial charge in [0, 0.05) is 11.6 Å². The number of nitrogens with one attached hydrogen (secondary N) is 1. The van der Waals surface area contributed by atoms with E-state index in [9.17, 15) is 23.2 Å². The Kier molecular flexibility index (Phi) is 4.89. The lowest BCUT2D eigenvalue weighted by Gasteiger charge is -2.33. The molecule has 1 N–H and O–H groups in total. The number of hydrogen-bond donors (Lipinski definition) is 1. The summed E-state index contributed by atoms with van der Waals surface area (Å²) in [7, 11) is 0. The number of rotatable bonds is 4. The zero-order chi connectivity index (χ0) is 19.7. The Bertz CT molecular complexity index is 945. The van der Waals surface area contributed by atoms with Crippen LogP contribution in [0.5, 0.6) is 5.75 Å². The van der Waals surface area contributed by atoms with Crippen LogP contribution in [0.1, 0.15) is 24.2 Å². The molecule has 0 saturated carbocycles. The van der Waals surface area contributed by atoms with E-state index in [0.29, 0.717) is 17.4 Å². The topological polar surface area (TPSA) is 75.7 Å². The number of ether oxygens (including phenoxy) is 1. The first kappa shape index (κ1) is 18.5. The van der Waals surface area contributed by atoms with Gasteiger partial charge in [0.1, 0.15) is 23.4 Å². The fraction of sp³-hybridized carbons (Fsp3) is 0.211. The molecule has 3 rings (SSSR count). The highest BCUT2D eigenvalue weighted by atomic mass is 19.1. The zero-order valence-electron chi connectivity index (χ0n) is 14.6. The Balaban J connectivity index is 1.90. The second-order valence-corrected chi connectivity index (χ2v) is 6.08. The van der Waals surface area contributed by atoms with Crippen LogP contribution < -0.4 is 15.0 Å². The average Bonchev–Trinajstić information content (AvgIpc) is 2.62. The zero-order valence-corrected chi connectivity index (χ0v) is 14.6. The maximum Gasteiger partial charge on any atom is 0.265 e. The first-order valence-corrected chi connectivity index (χ1v) is 8.13. The minimum atomic E-state index is -1.02. The summed E-state index contributed by atoms with van der Waals surface area (Å²) in [6, 6.07) is 6.32. The largest absolute Gasteiger partial charge is 0.482 e. The van der Waals surface area contributed by atoms with E-state index in [0.717, 1.165) is 12.1 Å². The lowest BCUT2D eigenvalue weighted by molar-refractivity contribution is -0.125. The highest BCUT2D eigenvalue weighted by Crippen LogP contribution is 2.34. The van der Waals surface area contributed by atoms with Gasteiger partial charge in [0.2, 0.25) is 5.91 Å². The number of fused-ring (bicyclic) bond motifs is 1. The summed E-state index contributed by atoms with van der Waals surface area (Å²) in [5.41, 5.74) is 0.432. The van der Waals surface area contributed by atoms with E-state index in [4.69, 9.17) is 4.74 Å². The van der Waals surface area contributed by atoms with Gasteiger partial charge in [-0.1, -0.05) is 0 Å². The summed E-state index contributed by atoms with van der Waals surface area (Å²) in [5, 5.41) is 2.34. The molecule has 8 heteroatoms. The fourth-order valence-corrected chi connectivity index (χ4v) is 2.76. The van der Waals surface area contributed by atoms with Crippen LogP contribution in [0, 0.1) is 11.6 Å². The van der Waals surface area contributed by atoms with Gasteiger partial charge in [-0.05, 0) is 44.2 Å². The number of hydrogen-bond acceptors (Lipinski definition) is 4. The predicted octanol–water partition coefficient (Wildman–Crippen LogP) is 2.92. The minimum absolute atomic E-state index is 0.202. The molecule has 0 saturated heterocycles. The second kappa shape index (κ2) is 7.14. The lowest BCUT2D eigenvalue weighted by atomic mass is 10.1. The third-order valence-corrected chi connectivity index (χ3v) is 4.20. The summed E-state index contributed by atoms with van der Waals surface area (Å²) >= 11 is 0. The SMILES string of the molecule is CC(=O)c1ccc2c(c1)N(C(C)C(=O)Nc1ccc(F)cc1F)C(=O)CO2. The third kappa shape index (κ3) is 3.64. The molecule has 1 aliphatic heterocycles. The normalized spacial score (nSPS) is 14.2. The molecule has 1 heterocycles. The molecule has 0 bridgehead atoms. The Morgan fingerprint density at radius 1 is 1.19 bits per heavy atom. The van der Waals surface area contributed by atoms with Crippen LogP contribution >= 0.6 is 0 Å². The van der Waals surface area contributed by atoms with E-state index < -0.39 is 29.5 Å². The number of anilines is 2. The van der Waals surface area contributed by atoms with E-state index in [2.05, 4.69) is 5.32 Å². The van der Waals surface area contributed by atoms with Gasteiger partial charge in [0.15, 0.2) is 12.4 Å². The Morgan fingerprint density at radius 2 is 1.93 bits per heavy atom. The molecule has 1 unspecified atom stereocenters. The highest BCUT2D eigenvalue weighted by molar-refractivity contribution is 6.07. The monoisotopic (exact) mass is 374 g/mol. The van der Waals surface area contributed by atoms with Crippen molar-refractivity contribution >= 4 is 29.0 Å². The van der Waals surface area contributed by atoms with E-state index in [1.807, 2.05) is 0 Å². The van der Waals surface area contributed by atoms with Gasteiger partial charge in [-0.25, -0.2) is 8.78 Å². The van der Waals surface area contributed by atoms with Crippen LogP contribution in [0.15, 0.2) is 36.4 Å². The van der Waals surface area contributed by atoms with Crippen molar-refractivity contribution in [3.63, 3.8) is 0 Å². The number of carbonyl (C=O) groups excluding carboxylic acids is 3. The van der Waals surface area contributed by atoms with Crippen molar-refractivity contribution in [2.45, 2.75) is 19.9 Å². The molecule has 0 radical (unpaired) electrons. The number of halogens is 2. The van der Waals surface area contributed by atoms with Crippen molar-refractivity contribution in [3.8, 4) is 5.75 Å². The molecule has 140 valence electrons. The van der Waals surface area contributed by atoms with Crippen LogP contribution in [0.4, 0.5) is 20.2 Å². The van der Waals surface area contributed by atoms with E-state index in [1.54, 1.807) is 12.1 Å². The highest BCUT2D eigenvalue weighted by Gasteiger charge is 2.33. The molecule has 1 aliphatic rings. The van der Waals surface area contributed by atoms with Gasteiger partial charge in [0.25, 0.3) is 5.91 Å². The molecule has 2 amide bonds. The van der Waals surface area contributed by atoms with Gasteiger partial charge < -0.3 is 10.1 Å². The Labute approximate surface area is 153 Å². The molecule has 2 aromatic carbocycles. The van der Waals surface area contributed by atoms with Crippen molar-refractivity contribution in [3.05, 3.63) is 53.6 Å². The van der Waals surface area contributed by atoms with Gasteiger partial charge in [-0.3, -0.25) is 19.3 Å². The number of nitrogens with zero attached hydrogens (tertiary/aromatic N) is 1.